The second-order valence-electron chi connectivity index (χ2n) is 5.52. The molecular weight excluding hydrogens is 323 g/mol. The molecule has 5 nitrogen and oxygen atoms in total. The van der Waals surface area contributed by atoms with E-state index in [9.17, 15) is 14.0 Å². The van der Waals surface area contributed by atoms with Gasteiger partial charge in [-0.25, -0.2) is 4.39 Å². The van der Waals surface area contributed by atoms with Crippen molar-refractivity contribution in [3.05, 3.63) is 66.0 Å². The number of para-hydroxylation sites is 1. The maximum Gasteiger partial charge on any atom is 0.258 e. The molecule has 25 heavy (non-hydrogen) atoms. The second-order valence-corrected chi connectivity index (χ2v) is 5.52. The van der Waals surface area contributed by atoms with Crippen LogP contribution in [-0.4, -0.2) is 36.4 Å². The Bertz CT molecular complexity index is 690. The first-order chi connectivity index (χ1) is 12.0. The van der Waals surface area contributed by atoms with Crippen LogP contribution in [0.5, 0.6) is 5.75 Å². The summed E-state index contributed by atoms with van der Waals surface area (Å²) in [5.74, 6) is -0.0589. The highest BCUT2D eigenvalue weighted by Gasteiger charge is 2.10. The Labute approximate surface area is 146 Å². The molecule has 0 radical (unpaired) electrons. The van der Waals surface area contributed by atoms with E-state index in [1.165, 1.54) is 19.1 Å². The molecule has 0 aliphatic heterocycles. The molecule has 0 spiro atoms. The van der Waals surface area contributed by atoms with Gasteiger partial charge in [-0.05, 0) is 29.8 Å². The average molecular weight is 344 g/mol. The molecule has 132 valence electrons. The van der Waals surface area contributed by atoms with Gasteiger partial charge in [0.2, 0.25) is 5.91 Å². The second kappa shape index (κ2) is 9.42. The predicted molar refractivity (Wildman–Crippen MR) is 92.4 cm³/mol. The van der Waals surface area contributed by atoms with Crippen LogP contribution in [0.3, 0.4) is 0 Å². The molecule has 0 fully saturated rings. The zero-order chi connectivity index (χ0) is 18.1. The topological polar surface area (TPSA) is 58.6 Å². The molecule has 0 bridgehead atoms. The van der Waals surface area contributed by atoms with Crippen LogP contribution in [0.25, 0.3) is 0 Å². The quantitative estimate of drug-likeness (QED) is 0.800. The molecule has 2 amide bonds. The van der Waals surface area contributed by atoms with Crippen LogP contribution < -0.4 is 10.1 Å². The number of hydrogen-bond donors (Lipinski definition) is 1. The summed E-state index contributed by atoms with van der Waals surface area (Å²) in [6.45, 7) is 2.43. The molecule has 0 saturated heterocycles. The van der Waals surface area contributed by atoms with E-state index in [0.717, 1.165) is 5.56 Å². The molecule has 0 saturated carbocycles. The van der Waals surface area contributed by atoms with Crippen LogP contribution >= 0.6 is 0 Å². The predicted octanol–water partition coefficient (Wildman–Crippen LogP) is 2.37. The highest BCUT2D eigenvalue weighted by Crippen LogP contribution is 2.08. The molecule has 0 aromatic heterocycles. The highest BCUT2D eigenvalue weighted by molar-refractivity contribution is 5.77. The van der Waals surface area contributed by atoms with E-state index >= 15 is 0 Å². The zero-order valence-electron chi connectivity index (χ0n) is 14.1. The van der Waals surface area contributed by atoms with Crippen molar-refractivity contribution < 1.29 is 18.7 Å². The van der Waals surface area contributed by atoms with Gasteiger partial charge in [0.05, 0.1) is 0 Å². The molecule has 6 heteroatoms. The van der Waals surface area contributed by atoms with E-state index in [2.05, 4.69) is 5.32 Å². The lowest BCUT2D eigenvalue weighted by Gasteiger charge is -2.21. The van der Waals surface area contributed by atoms with Gasteiger partial charge in [-0.15, -0.1) is 0 Å². The number of halogens is 1. The van der Waals surface area contributed by atoms with Gasteiger partial charge in [0, 0.05) is 26.6 Å². The van der Waals surface area contributed by atoms with Gasteiger partial charge >= 0.3 is 0 Å². The number of nitrogens with one attached hydrogen (secondary N) is 1. The third-order valence-corrected chi connectivity index (χ3v) is 3.55. The minimum absolute atomic E-state index is 0.0813. The van der Waals surface area contributed by atoms with E-state index in [-0.39, 0.29) is 24.2 Å². The minimum Gasteiger partial charge on any atom is -0.484 e. The first kappa shape index (κ1) is 18.4. The summed E-state index contributed by atoms with van der Waals surface area (Å²) >= 11 is 0. The minimum atomic E-state index is -0.316. The Morgan fingerprint density at radius 2 is 1.76 bits per heavy atom. The third kappa shape index (κ3) is 6.63. The molecule has 0 unspecified atom stereocenters. The van der Waals surface area contributed by atoms with Gasteiger partial charge in [-0.2, -0.15) is 0 Å². The van der Waals surface area contributed by atoms with Gasteiger partial charge in [0.15, 0.2) is 6.61 Å². The fraction of sp³-hybridized carbons (Fsp3) is 0.263. The number of benzene rings is 2. The van der Waals surface area contributed by atoms with Crippen molar-refractivity contribution in [2.75, 3.05) is 19.7 Å². The van der Waals surface area contributed by atoms with E-state index in [1.807, 2.05) is 18.2 Å². The highest BCUT2D eigenvalue weighted by atomic mass is 19.1. The molecule has 1 N–H and O–H groups in total. The maximum atomic E-state index is 12.9. The number of nitrogens with zero attached hydrogens (tertiary/aromatic N) is 1. The number of amides is 2. The summed E-state index contributed by atoms with van der Waals surface area (Å²) in [5, 5.41) is 2.72. The van der Waals surface area contributed by atoms with Crippen molar-refractivity contribution in [3.63, 3.8) is 0 Å². The molecule has 2 rings (SSSR count). The third-order valence-electron chi connectivity index (χ3n) is 3.55. The van der Waals surface area contributed by atoms with Crippen molar-refractivity contribution in [1.29, 1.82) is 0 Å². The SMILES string of the molecule is CC(=O)N(CCNC(=O)COc1ccccc1)Cc1ccc(F)cc1. The summed E-state index contributed by atoms with van der Waals surface area (Å²) < 4.78 is 18.3. The van der Waals surface area contributed by atoms with Crippen LogP contribution in [0.2, 0.25) is 0 Å². The largest absolute Gasteiger partial charge is 0.484 e. The Balaban J connectivity index is 1.74. The van der Waals surface area contributed by atoms with Crippen LogP contribution in [-0.2, 0) is 16.1 Å². The Hall–Kier alpha value is -2.89. The van der Waals surface area contributed by atoms with Gasteiger partial charge in [0.25, 0.3) is 5.91 Å². The Morgan fingerprint density at radius 1 is 1.08 bits per heavy atom. The molecule has 2 aromatic rings. The number of hydrogen-bond acceptors (Lipinski definition) is 3. The monoisotopic (exact) mass is 344 g/mol. The number of carbonyl (C=O) groups is 2. The first-order valence-electron chi connectivity index (χ1n) is 7.99. The zero-order valence-corrected chi connectivity index (χ0v) is 14.1. The van der Waals surface area contributed by atoms with Crippen molar-refractivity contribution in [3.8, 4) is 5.75 Å². The average Bonchev–Trinajstić information content (AvgIpc) is 2.61. The lowest BCUT2D eigenvalue weighted by molar-refractivity contribution is -0.130. The summed E-state index contributed by atoms with van der Waals surface area (Å²) in [6, 6.07) is 15.0. The number of rotatable bonds is 8. The summed E-state index contributed by atoms with van der Waals surface area (Å²) in [7, 11) is 0. The van der Waals surface area contributed by atoms with E-state index in [1.54, 1.807) is 29.2 Å². The Morgan fingerprint density at radius 3 is 2.40 bits per heavy atom. The van der Waals surface area contributed by atoms with E-state index in [0.29, 0.717) is 25.4 Å². The molecule has 0 aliphatic rings. The number of carbonyl (C=O) groups excluding carboxylic acids is 2. The fourth-order valence-electron chi connectivity index (χ4n) is 2.20. The standard InChI is InChI=1S/C19H21FN2O3/c1-15(23)22(13-16-7-9-17(20)10-8-16)12-11-21-19(24)14-25-18-5-3-2-4-6-18/h2-10H,11-14H2,1H3,(H,21,24). The molecule has 2 aromatic carbocycles. The molecule has 0 atom stereocenters. The van der Waals surface area contributed by atoms with Crippen LogP contribution in [0.4, 0.5) is 4.39 Å². The maximum absolute atomic E-state index is 12.9. The lowest BCUT2D eigenvalue weighted by atomic mass is 10.2. The van der Waals surface area contributed by atoms with Crippen molar-refractivity contribution in [2.24, 2.45) is 0 Å². The van der Waals surface area contributed by atoms with E-state index in [4.69, 9.17) is 4.74 Å². The smallest absolute Gasteiger partial charge is 0.258 e. The van der Waals surface area contributed by atoms with Gasteiger partial charge in [0.1, 0.15) is 11.6 Å². The van der Waals surface area contributed by atoms with Crippen LogP contribution in [0.15, 0.2) is 54.6 Å². The Kier molecular flexibility index (Phi) is 6.95. The molecule has 0 aliphatic carbocycles. The van der Waals surface area contributed by atoms with Gasteiger partial charge in [-0.3, -0.25) is 9.59 Å². The summed E-state index contributed by atoms with van der Waals surface area (Å²) in [5.41, 5.74) is 0.829. The fourth-order valence-corrected chi connectivity index (χ4v) is 2.20. The summed E-state index contributed by atoms with van der Waals surface area (Å²) in [4.78, 5) is 25.1. The first-order valence-corrected chi connectivity index (χ1v) is 7.99. The molecular formula is C19H21FN2O3. The van der Waals surface area contributed by atoms with E-state index < -0.39 is 0 Å². The van der Waals surface area contributed by atoms with Gasteiger partial charge < -0.3 is 15.0 Å². The van der Waals surface area contributed by atoms with Gasteiger partial charge in [-0.1, -0.05) is 30.3 Å². The van der Waals surface area contributed by atoms with Crippen LogP contribution in [0.1, 0.15) is 12.5 Å². The lowest BCUT2D eigenvalue weighted by Crippen LogP contribution is -2.38. The van der Waals surface area contributed by atoms with Crippen molar-refractivity contribution >= 4 is 11.8 Å². The summed E-state index contributed by atoms with van der Waals surface area (Å²) in [6.07, 6.45) is 0. The van der Waals surface area contributed by atoms with Crippen LogP contribution in [0, 0.1) is 5.82 Å². The molecule has 0 heterocycles. The van der Waals surface area contributed by atoms with Crippen molar-refractivity contribution in [2.45, 2.75) is 13.5 Å². The normalized spacial score (nSPS) is 10.2. The van der Waals surface area contributed by atoms with Crippen molar-refractivity contribution in [1.82, 2.24) is 10.2 Å². The number of ether oxygens (including phenoxy) is 1.